The molecule has 4 fully saturated rings. The molecule has 19 rings (SSSR count). The lowest BCUT2D eigenvalue weighted by Crippen LogP contribution is -2.58. The lowest BCUT2D eigenvalue weighted by Gasteiger charge is -2.44. The van der Waals surface area contributed by atoms with Gasteiger partial charge in [-0.15, -0.1) is 0 Å². The number of nitrogens with two attached hydrogens (primary N) is 1. The van der Waals surface area contributed by atoms with Crippen molar-refractivity contribution in [2.75, 3.05) is 59.7 Å². The molecule has 0 bridgehead atoms. The van der Waals surface area contributed by atoms with Crippen LogP contribution in [-0.4, -0.2) is 190 Å². The highest BCUT2D eigenvalue weighted by Crippen LogP contribution is 2.49. The van der Waals surface area contributed by atoms with Gasteiger partial charge in [0.2, 0.25) is 17.7 Å². The fourth-order valence-electron chi connectivity index (χ4n) is 19.0. The van der Waals surface area contributed by atoms with Crippen molar-refractivity contribution in [2.24, 2.45) is 21.1 Å². The average molecular weight is 1890 g/mol. The van der Waals surface area contributed by atoms with Crippen LogP contribution in [0.15, 0.2) is 162 Å². The number of imidazole rings is 3. The van der Waals surface area contributed by atoms with Crippen molar-refractivity contribution in [2.45, 2.75) is 150 Å². The summed E-state index contributed by atoms with van der Waals surface area (Å²) in [6.07, 6.45) is 10.3. The maximum absolute atomic E-state index is 16.3. The fraction of sp³-hybridized carbons (Fsp3) is 0.323. The van der Waals surface area contributed by atoms with Crippen LogP contribution in [0.3, 0.4) is 0 Å². The molecule has 4 aliphatic rings. The molecule has 700 valence electrons. The first-order valence-corrected chi connectivity index (χ1v) is 45.4. The van der Waals surface area contributed by atoms with Gasteiger partial charge in [-0.05, 0) is 159 Å². The number of nitrogen functional groups attached to an aromatic ring is 1. The van der Waals surface area contributed by atoms with Gasteiger partial charge in [0, 0.05) is 136 Å². The van der Waals surface area contributed by atoms with Gasteiger partial charge in [-0.1, -0.05) is 101 Å². The Morgan fingerprint density at radius 3 is 1.18 bits per heavy atom. The summed E-state index contributed by atoms with van der Waals surface area (Å²) in [5, 5.41) is 1.55. The Kier molecular flexibility index (Phi) is 25.0. The minimum atomic E-state index is -0.901. The van der Waals surface area contributed by atoms with E-state index in [0.29, 0.717) is 110 Å². The summed E-state index contributed by atoms with van der Waals surface area (Å²) in [7, 11) is 5.50. The topological polar surface area (TPSA) is 319 Å². The minimum absolute atomic E-state index is 0.0564. The lowest BCUT2D eigenvalue weighted by atomic mass is 10.0. The summed E-state index contributed by atoms with van der Waals surface area (Å²) < 4.78 is 87.1. The van der Waals surface area contributed by atoms with Crippen molar-refractivity contribution in [3.63, 3.8) is 0 Å². The number of benzene rings is 4. The van der Waals surface area contributed by atoms with Crippen LogP contribution in [0.5, 0.6) is 0 Å². The number of fused-ring (bicyclic) bond motifs is 6. The molecule has 1 aliphatic carbocycles. The SMILES string of the molecule is C=CC(=O)N1C[C@H](C)N(c2nc(=O)n(-c3c(C(C)C)nc4c(ncn4C)c3C)c3nc(-c4ccccc4F)c(Cl)cc23)C[C@H]1C.C=CC(=O)N1C[C@H](C)N(c2nc(=O)n(-c3c(C(C)C)nc4c(ncn4C)c3C)c3nc(-c4ccccc4F)c(Cl)cc23)C[C@H]1C.C=CC(=O)N1C[C@H](C)N(c2nc(=O)n(-c3c(F)cc4c(ncn4C)c3C3CC3)c3nc(-c4c(N)cccc4F)c(F)cc23)C[C@H]1C. The third-order valence-electron chi connectivity index (χ3n) is 26.0. The first-order valence-electron chi connectivity index (χ1n) is 44.7. The van der Waals surface area contributed by atoms with Crippen LogP contribution in [0.25, 0.3) is 117 Å². The summed E-state index contributed by atoms with van der Waals surface area (Å²) in [5.74, 6) is -3.26. The van der Waals surface area contributed by atoms with E-state index in [4.69, 9.17) is 48.9 Å². The third-order valence-corrected chi connectivity index (χ3v) is 26.6. The molecule has 136 heavy (non-hydrogen) atoms. The molecule has 4 aromatic carbocycles. The number of anilines is 4. The molecular weight excluding hydrogens is 1790 g/mol. The number of aryl methyl sites for hydroxylation is 5. The number of piperazine rings is 3. The monoisotopic (exact) mass is 1880 g/mol. The molecule has 14 heterocycles. The molecule has 3 aliphatic heterocycles. The Morgan fingerprint density at radius 2 is 0.794 bits per heavy atom. The molecule has 0 spiro atoms. The van der Waals surface area contributed by atoms with E-state index in [1.165, 1.54) is 57.7 Å². The Hall–Kier alpha value is -14.5. The molecule has 15 aromatic rings. The van der Waals surface area contributed by atoms with Crippen LogP contribution in [0.4, 0.5) is 45.1 Å². The van der Waals surface area contributed by atoms with Crippen LogP contribution in [0, 0.1) is 42.9 Å². The molecule has 37 heteroatoms. The van der Waals surface area contributed by atoms with Gasteiger partial charge in [-0.2, -0.15) is 15.0 Å². The van der Waals surface area contributed by atoms with Gasteiger partial charge in [-0.3, -0.25) is 14.4 Å². The molecule has 3 amide bonds. The second kappa shape index (κ2) is 36.4. The van der Waals surface area contributed by atoms with E-state index in [0.717, 1.165) is 40.7 Å². The van der Waals surface area contributed by atoms with Gasteiger partial charge < -0.3 is 48.8 Å². The maximum atomic E-state index is 16.3. The molecule has 30 nitrogen and oxygen atoms in total. The molecule has 11 aromatic heterocycles. The molecular formula is C99H99Cl2F5N24O6. The van der Waals surface area contributed by atoms with Gasteiger partial charge in [0.15, 0.2) is 34.1 Å². The van der Waals surface area contributed by atoms with Gasteiger partial charge in [0.1, 0.15) is 57.4 Å². The van der Waals surface area contributed by atoms with Crippen LogP contribution in [0.1, 0.15) is 128 Å². The van der Waals surface area contributed by atoms with E-state index in [2.05, 4.69) is 54.6 Å². The predicted octanol–water partition coefficient (Wildman–Crippen LogP) is 16.0. The fourth-order valence-corrected chi connectivity index (χ4v) is 19.5. The smallest absolute Gasteiger partial charge is 0.355 e. The lowest BCUT2D eigenvalue weighted by molar-refractivity contribution is -0.129. The van der Waals surface area contributed by atoms with Gasteiger partial charge in [0.25, 0.3) is 0 Å². The van der Waals surface area contributed by atoms with E-state index in [1.807, 2.05) is 121 Å². The predicted molar refractivity (Wildman–Crippen MR) is 519 cm³/mol. The highest BCUT2D eigenvalue weighted by Gasteiger charge is 2.41. The molecule has 1 saturated carbocycles. The third kappa shape index (κ3) is 16.2. The second-order valence-corrected chi connectivity index (χ2v) is 36.8. The Morgan fingerprint density at radius 1 is 0.426 bits per heavy atom. The van der Waals surface area contributed by atoms with Crippen molar-refractivity contribution in [1.82, 2.24) is 96.9 Å². The Bertz CT molecular complexity index is 7400. The van der Waals surface area contributed by atoms with Crippen LogP contribution >= 0.6 is 23.2 Å². The zero-order valence-electron chi connectivity index (χ0n) is 77.6. The number of pyridine rings is 5. The van der Waals surface area contributed by atoms with E-state index >= 15 is 22.0 Å². The van der Waals surface area contributed by atoms with Crippen molar-refractivity contribution >= 4 is 131 Å². The first kappa shape index (κ1) is 93.3. The highest BCUT2D eigenvalue weighted by molar-refractivity contribution is 6.34. The van der Waals surface area contributed by atoms with Gasteiger partial charge in [0.05, 0.1) is 102 Å². The summed E-state index contributed by atoms with van der Waals surface area (Å²) >= 11 is 13.7. The van der Waals surface area contributed by atoms with E-state index in [1.54, 1.807) is 93.8 Å². The van der Waals surface area contributed by atoms with E-state index in [-0.39, 0.29) is 162 Å². The van der Waals surface area contributed by atoms with E-state index in [9.17, 15) is 28.8 Å². The number of nitrogens with zero attached hydrogens (tertiary/aromatic N) is 23. The quantitative estimate of drug-likeness (QED) is 0.0566. The minimum Gasteiger partial charge on any atom is -0.398 e. The molecule has 0 radical (unpaired) electrons. The molecule has 2 N–H and O–H groups in total. The summed E-state index contributed by atoms with van der Waals surface area (Å²) in [6.45, 7) is 36.4. The summed E-state index contributed by atoms with van der Waals surface area (Å²) in [5.41, 5.74) is 12.7. The Balaban J connectivity index is 0.000000142. The number of amides is 3. The number of rotatable bonds is 15. The number of aromatic nitrogens is 17. The first-order chi connectivity index (χ1) is 64.8. The van der Waals surface area contributed by atoms with Crippen LogP contribution < -0.4 is 37.5 Å². The standard InChI is InChI=1S/2C33H34ClFN8O2.C33H31F3N8O2/c2*1-8-25(44)41-14-19(5)42(15-18(41)4)30-22-13-23(34)28(21-11-9-10-12-24(21)35)38-31(22)43(33(45)39-30)29-20(6)27-32(40(7)16-36-27)37-26(29)17(2)3;1-5-25(45)42-13-17(3)43(14-16(42)2)31-19-11-21(35)28(27-20(34)7-6-8-23(27)37)39-32(19)44(33(46)40-31)30-22(36)12-24-29(38-15-41(24)4)26(30)18-9-10-18/h2*8-13,16-19H,1,14-15H2,2-7H3;5-8,11-12,15-18H,1,9-10,13-14,37H2,2-4H3/t2*18-,19+;16-,17+/m111/s1. The van der Waals surface area contributed by atoms with Crippen LogP contribution in [-0.2, 0) is 35.5 Å². The highest BCUT2D eigenvalue weighted by atomic mass is 35.5. The van der Waals surface area contributed by atoms with Gasteiger partial charge >= 0.3 is 17.1 Å². The number of hydrogen-bond acceptors (Lipinski definition) is 21. The maximum Gasteiger partial charge on any atom is 0.355 e. The zero-order chi connectivity index (χ0) is 97.2. The van der Waals surface area contributed by atoms with Crippen molar-refractivity contribution in [1.29, 1.82) is 0 Å². The van der Waals surface area contributed by atoms with Crippen molar-refractivity contribution < 1.29 is 36.3 Å². The molecule has 3 saturated heterocycles. The van der Waals surface area contributed by atoms with Gasteiger partial charge in [-0.25, -0.2) is 89.9 Å². The molecule has 6 atom stereocenters. The average Bonchev–Trinajstić information content (AvgIpc) is 1.39. The largest absolute Gasteiger partial charge is 0.398 e. The van der Waals surface area contributed by atoms with Crippen molar-refractivity contribution in [3.05, 3.63) is 247 Å². The normalized spacial score (nSPS) is 17.6. The summed E-state index contributed by atoms with van der Waals surface area (Å²) in [4.78, 5) is 143. The van der Waals surface area contributed by atoms with E-state index < -0.39 is 51.8 Å². The Labute approximate surface area is 787 Å². The number of hydrogen-bond donors (Lipinski definition) is 1. The number of carbonyl (C=O) groups is 3. The number of carbonyl (C=O) groups excluding carboxylic acids is 3. The second-order valence-electron chi connectivity index (χ2n) is 36.0. The molecule has 0 unspecified atom stereocenters. The zero-order valence-corrected chi connectivity index (χ0v) is 79.1. The van der Waals surface area contributed by atoms with Crippen molar-refractivity contribution in [3.8, 4) is 50.8 Å². The number of halogens is 7. The summed E-state index contributed by atoms with van der Waals surface area (Å²) in [6, 6.07) is 20.9. The van der Waals surface area contributed by atoms with Crippen LogP contribution in [0.2, 0.25) is 10.0 Å².